The molecule has 3 aromatic rings. The number of benzene rings is 1. The Balaban J connectivity index is 1.40. The van der Waals surface area contributed by atoms with Gasteiger partial charge in [-0.1, -0.05) is 51.3 Å². The number of halogens is 3. The van der Waals surface area contributed by atoms with E-state index in [-0.39, 0.29) is 30.2 Å². The molecule has 9 heteroatoms. The number of nitrogens with zero attached hydrogens (tertiary/aromatic N) is 2. The van der Waals surface area contributed by atoms with Gasteiger partial charge in [0.2, 0.25) is 5.91 Å². The Bertz CT molecular complexity index is 1240. The van der Waals surface area contributed by atoms with Crippen LogP contribution in [0.3, 0.4) is 0 Å². The van der Waals surface area contributed by atoms with E-state index >= 15 is 0 Å². The molecule has 1 unspecified atom stereocenters. The van der Waals surface area contributed by atoms with E-state index in [1.54, 1.807) is 28.8 Å². The summed E-state index contributed by atoms with van der Waals surface area (Å²) in [4.78, 5) is 30.2. The predicted octanol–water partition coefficient (Wildman–Crippen LogP) is 5.90. The van der Waals surface area contributed by atoms with Crippen molar-refractivity contribution in [2.75, 3.05) is 6.54 Å². The first-order valence-electron chi connectivity index (χ1n) is 13.3. The molecule has 0 bridgehead atoms. The molecule has 2 aromatic heterocycles. The SMILES string of the molecule is CC(C)CC(CNC(=O)Cc1cn2c(C(=O)NC3CCCCC3)cccc2n1)c1ccc(C(F)(F)F)cc1. The van der Waals surface area contributed by atoms with E-state index < -0.39 is 11.7 Å². The Hall–Kier alpha value is -3.36. The molecule has 0 radical (unpaired) electrons. The molecule has 1 aliphatic carbocycles. The Morgan fingerprint density at radius 3 is 2.42 bits per heavy atom. The monoisotopic (exact) mass is 528 g/mol. The summed E-state index contributed by atoms with van der Waals surface area (Å²) >= 11 is 0. The van der Waals surface area contributed by atoms with Crippen LogP contribution in [0.25, 0.3) is 5.65 Å². The molecule has 2 N–H and O–H groups in total. The largest absolute Gasteiger partial charge is 0.416 e. The van der Waals surface area contributed by atoms with Crippen LogP contribution in [0.2, 0.25) is 0 Å². The maximum atomic E-state index is 13.0. The van der Waals surface area contributed by atoms with Crippen LogP contribution in [0.5, 0.6) is 0 Å². The minimum absolute atomic E-state index is 0.0345. The van der Waals surface area contributed by atoms with E-state index in [0.29, 0.717) is 29.5 Å². The van der Waals surface area contributed by atoms with Crippen molar-refractivity contribution >= 4 is 17.5 Å². The molecule has 2 heterocycles. The third-order valence-electron chi connectivity index (χ3n) is 7.07. The van der Waals surface area contributed by atoms with E-state index in [0.717, 1.165) is 49.8 Å². The van der Waals surface area contributed by atoms with Gasteiger partial charge in [-0.05, 0) is 55.0 Å². The summed E-state index contributed by atoms with van der Waals surface area (Å²) in [6.45, 7) is 4.39. The van der Waals surface area contributed by atoms with E-state index in [1.807, 2.05) is 13.8 Å². The standard InChI is InChI=1S/C29H35F3N4O2/c1-19(2)15-21(20-11-13-22(14-12-20)29(30,31)32)17-33-27(37)16-24-18-36-25(9-6-10-26(36)34-24)28(38)35-23-7-4-3-5-8-23/h6,9-14,18-19,21,23H,3-5,7-8,15-17H2,1-2H3,(H,33,37)(H,35,38). The van der Waals surface area contributed by atoms with Crippen LogP contribution in [-0.4, -0.2) is 33.8 Å². The number of alkyl halides is 3. The van der Waals surface area contributed by atoms with Crippen molar-refractivity contribution in [2.24, 2.45) is 5.92 Å². The Morgan fingerprint density at radius 1 is 1.05 bits per heavy atom. The smallest absolute Gasteiger partial charge is 0.355 e. The van der Waals surface area contributed by atoms with Crippen LogP contribution in [0.1, 0.15) is 85.6 Å². The first-order valence-corrected chi connectivity index (χ1v) is 13.3. The molecular weight excluding hydrogens is 493 g/mol. The van der Waals surface area contributed by atoms with Gasteiger partial charge in [-0.3, -0.25) is 14.0 Å². The highest BCUT2D eigenvalue weighted by Crippen LogP contribution is 2.31. The molecule has 38 heavy (non-hydrogen) atoms. The third kappa shape index (κ3) is 7.14. The van der Waals surface area contributed by atoms with E-state index in [9.17, 15) is 22.8 Å². The average Bonchev–Trinajstić information content (AvgIpc) is 3.29. The van der Waals surface area contributed by atoms with Gasteiger partial charge in [-0.25, -0.2) is 4.98 Å². The Morgan fingerprint density at radius 2 is 1.76 bits per heavy atom. The van der Waals surface area contributed by atoms with E-state index in [2.05, 4.69) is 15.6 Å². The van der Waals surface area contributed by atoms with Crippen LogP contribution < -0.4 is 10.6 Å². The molecule has 0 saturated heterocycles. The molecule has 6 nitrogen and oxygen atoms in total. The van der Waals surface area contributed by atoms with Crippen LogP contribution in [0.4, 0.5) is 13.2 Å². The average molecular weight is 529 g/mol. The highest BCUT2D eigenvalue weighted by Gasteiger charge is 2.30. The molecule has 1 atom stereocenters. The van der Waals surface area contributed by atoms with Crippen molar-refractivity contribution in [1.82, 2.24) is 20.0 Å². The maximum Gasteiger partial charge on any atom is 0.416 e. The first-order chi connectivity index (χ1) is 18.1. The minimum Gasteiger partial charge on any atom is -0.355 e. The maximum absolute atomic E-state index is 13.0. The van der Waals surface area contributed by atoms with Gasteiger partial charge in [-0.2, -0.15) is 13.2 Å². The van der Waals surface area contributed by atoms with E-state index in [1.165, 1.54) is 18.6 Å². The number of aromatic nitrogens is 2. The number of hydrogen-bond donors (Lipinski definition) is 2. The van der Waals surface area contributed by atoms with Crippen LogP contribution in [0, 0.1) is 5.92 Å². The zero-order valence-electron chi connectivity index (χ0n) is 21.9. The van der Waals surface area contributed by atoms with Gasteiger partial charge in [0, 0.05) is 24.7 Å². The number of fused-ring (bicyclic) bond motifs is 1. The second-order valence-electron chi connectivity index (χ2n) is 10.6. The molecule has 4 rings (SSSR count). The van der Waals surface area contributed by atoms with Crippen molar-refractivity contribution in [1.29, 1.82) is 0 Å². The van der Waals surface area contributed by atoms with Gasteiger partial charge in [0.25, 0.3) is 5.91 Å². The highest BCUT2D eigenvalue weighted by atomic mass is 19.4. The molecule has 1 aromatic carbocycles. The second kappa shape index (κ2) is 12.0. The van der Waals surface area contributed by atoms with Gasteiger partial charge in [0.1, 0.15) is 11.3 Å². The molecule has 0 aliphatic heterocycles. The summed E-state index contributed by atoms with van der Waals surface area (Å²) in [5.74, 6) is -0.195. The van der Waals surface area contributed by atoms with E-state index in [4.69, 9.17) is 0 Å². The predicted molar refractivity (Wildman–Crippen MR) is 140 cm³/mol. The lowest BCUT2D eigenvalue weighted by Gasteiger charge is -2.22. The highest BCUT2D eigenvalue weighted by molar-refractivity contribution is 5.93. The van der Waals surface area contributed by atoms with Gasteiger partial charge >= 0.3 is 6.18 Å². The zero-order valence-corrected chi connectivity index (χ0v) is 21.9. The molecule has 1 saturated carbocycles. The normalized spacial score (nSPS) is 15.5. The lowest BCUT2D eigenvalue weighted by atomic mass is 9.89. The fraction of sp³-hybridized carbons (Fsp3) is 0.483. The second-order valence-corrected chi connectivity index (χ2v) is 10.6. The molecule has 1 aliphatic rings. The summed E-state index contributed by atoms with van der Waals surface area (Å²) in [6.07, 6.45) is 3.51. The molecule has 1 fully saturated rings. The summed E-state index contributed by atoms with van der Waals surface area (Å²) in [5.41, 5.74) is 1.67. The minimum atomic E-state index is -4.38. The molecule has 204 valence electrons. The number of imidazole rings is 1. The number of nitrogens with one attached hydrogen (secondary N) is 2. The van der Waals surface area contributed by atoms with Crippen molar-refractivity contribution in [3.8, 4) is 0 Å². The first kappa shape index (κ1) is 27.7. The number of carbonyl (C=O) groups excluding carboxylic acids is 2. The van der Waals surface area contributed by atoms with Gasteiger partial charge < -0.3 is 10.6 Å². The molecular formula is C29H35F3N4O2. The van der Waals surface area contributed by atoms with Crippen molar-refractivity contribution in [2.45, 2.75) is 76.9 Å². The Kier molecular flexibility index (Phi) is 8.74. The van der Waals surface area contributed by atoms with Crippen LogP contribution in [-0.2, 0) is 17.4 Å². The van der Waals surface area contributed by atoms with Crippen LogP contribution in [0.15, 0.2) is 48.7 Å². The van der Waals surface area contributed by atoms with Gasteiger partial charge in [0.05, 0.1) is 17.7 Å². The number of carbonyl (C=O) groups is 2. The lowest BCUT2D eigenvalue weighted by Crippen LogP contribution is -2.36. The van der Waals surface area contributed by atoms with Crippen molar-refractivity contribution in [3.05, 3.63) is 71.2 Å². The lowest BCUT2D eigenvalue weighted by molar-refractivity contribution is -0.137. The summed E-state index contributed by atoms with van der Waals surface area (Å²) < 4.78 is 40.6. The number of rotatable bonds is 9. The fourth-order valence-corrected chi connectivity index (χ4v) is 5.15. The summed E-state index contributed by atoms with van der Waals surface area (Å²) in [5, 5.41) is 6.05. The van der Waals surface area contributed by atoms with Crippen molar-refractivity contribution in [3.63, 3.8) is 0 Å². The Labute approximate surface area is 221 Å². The van der Waals surface area contributed by atoms with Crippen molar-refractivity contribution < 1.29 is 22.8 Å². The molecule has 0 spiro atoms. The number of hydrogen-bond acceptors (Lipinski definition) is 3. The fourth-order valence-electron chi connectivity index (χ4n) is 5.15. The van der Waals surface area contributed by atoms with Gasteiger partial charge in [0.15, 0.2) is 0 Å². The molecule has 2 amide bonds. The van der Waals surface area contributed by atoms with Gasteiger partial charge in [-0.15, -0.1) is 0 Å². The summed E-state index contributed by atoms with van der Waals surface area (Å²) in [7, 11) is 0. The summed E-state index contributed by atoms with van der Waals surface area (Å²) in [6, 6.07) is 10.7. The third-order valence-corrected chi connectivity index (χ3v) is 7.07. The zero-order chi connectivity index (χ0) is 27.3. The van der Waals surface area contributed by atoms with Crippen LogP contribution >= 0.6 is 0 Å². The quantitative estimate of drug-likeness (QED) is 0.363. The topological polar surface area (TPSA) is 75.5 Å². The number of amides is 2. The number of pyridine rings is 1.